The van der Waals surface area contributed by atoms with Crippen molar-refractivity contribution in [3.63, 3.8) is 0 Å². The molecule has 1 rings (SSSR count). The average Bonchev–Trinajstić information content (AvgIpc) is 2.66. The average molecular weight is 214 g/mol. The van der Waals surface area contributed by atoms with E-state index >= 15 is 0 Å². The van der Waals surface area contributed by atoms with Crippen molar-refractivity contribution in [2.45, 2.75) is 44.8 Å². The summed E-state index contributed by atoms with van der Waals surface area (Å²) in [7, 11) is 4.32. The lowest BCUT2D eigenvalue weighted by molar-refractivity contribution is 0.151. The van der Waals surface area contributed by atoms with Gasteiger partial charge in [0.05, 0.1) is 6.10 Å². The molecule has 0 bridgehead atoms. The van der Waals surface area contributed by atoms with Gasteiger partial charge in [0.25, 0.3) is 0 Å². The van der Waals surface area contributed by atoms with Crippen LogP contribution in [0.3, 0.4) is 0 Å². The number of rotatable bonds is 6. The molecule has 3 heteroatoms. The van der Waals surface area contributed by atoms with Crippen molar-refractivity contribution >= 4 is 0 Å². The Balaban J connectivity index is 2.09. The van der Waals surface area contributed by atoms with Crippen LogP contribution < -0.4 is 0 Å². The third-order valence-corrected chi connectivity index (χ3v) is 3.46. The van der Waals surface area contributed by atoms with E-state index in [-0.39, 0.29) is 6.10 Å². The van der Waals surface area contributed by atoms with Crippen LogP contribution in [0.25, 0.3) is 0 Å². The second kappa shape index (κ2) is 6.46. The van der Waals surface area contributed by atoms with E-state index in [1.165, 1.54) is 19.5 Å². The zero-order chi connectivity index (χ0) is 11.3. The van der Waals surface area contributed by atoms with Crippen molar-refractivity contribution in [1.29, 1.82) is 0 Å². The predicted molar refractivity (Wildman–Crippen MR) is 64.1 cm³/mol. The van der Waals surface area contributed by atoms with Crippen LogP contribution in [0.2, 0.25) is 0 Å². The Morgan fingerprint density at radius 2 is 2.20 bits per heavy atom. The van der Waals surface area contributed by atoms with Crippen LogP contribution >= 0.6 is 0 Å². The normalized spacial score (nSPS) is 25.0. The van der Waals surface area contributed by atoms with E-state index < -0.39 is 0 Å². The predicted octanol–water partition coefficient (Wildman–Crippen LogP) is 1.17. The summed E-state index contributed by atoms with van der Waals surface area (Å²) in [5.74, 6) is 0. The highest BCUT2D eigenvalue weighted by molar-refractivity contribution is 4.80. The largest absolute Gasteiger partial charge is 0.393 e. The van der Waals surface area contributed by atoms with Gasteiger partial charge in [-0.2, -0.15) is 0 Å². The molecule has 1 fully saturated rings. The van der Waals surface area contributed by atoms with Crippen molar-refractivity contribution in [1.82, 2.24) is 9.80 Å². The van der Waals surface area contributed by atoms with Gasteiger partial charge >= 0.3 is 0 Å². The molecule has 1 aliphatic rings. The first kappa shape index (κ1) is 12.9. The van der Waals surface area contributed by atoms with Gasteiger partial charge in [-0.25, -0.2) is 0 Å². The molecular formula is C12H26N2O. The zero-order valence-corrected chi connectivity index (χ0v) is 10.4. The number of likely N-dealkylation sites (tertiary alicyclic amines) is 1. The van der Waals surface area contributed by atoms with E-state index in [0.717, 1.165) is 31.8 Å². The van der Waals surface area contributed by atoms with Crippen LogP contribution in [0.1, 0.15) is 32.6 Å². The summed E-state index contributed by atoms with van der Waals surface area (Å²) < 4.78 is 0. The minimum absolute atomic E-state index is 0.0859. The maximum Gasteiger partial charge on any atom is 0.0538 e. The first-order valence-corrected chi connectivity index (χ1v) is 6.20. The van der Waals surface area contributed by atoms with Crippen LogP contribution in [-0.2, 0) is 0 Å². The molecule has 2 unspecified atom stereocenters. The van der Waals surface area contributed by atoms with E-state index in [9.17, 15) is 5.11 Å². The Bertz CT molecular complexity index is 173. The van der Waals surface area contributed by atoms with Crippen molar-refractivity contribution in [3.8, 4) is 0 Å². The molecule has 0 aliphatic carbocycles. The van der Waals surface area contributed by atoms with Gasteiger partial charge in [-0.15, -0.1) is 0 Å². The van der Waals surface area contributed by atoms with Gasteiger partial charge < -0.3 is 14.9 Å². The van der Waals surface area contributed by atoms with Gasteiger partial charge in [0.2, 0.25) is 0 Å². The Labute approximate surface area is 94.1 Å². The number of hydrogen-bond acceptors (Lipinski definition) is 3. The van der Waals surface area contributed by atoms with Crippen molar-refractivity contribution in [2.24, 2.45) is 0 Å². The Hall–Kier alpha value is -0.120. The molecule has 15 heavy (non-hydrogen) atoms. The second-order valence-corrected chi connectivity index (χ2v) is 4.91. The van der Waals surface area contributed by atoms with Gasteiger partial charge in [-0.05, 0) is 52.9 Å². The van der Waals surface area contributed by atoms with Gasteiger partial charge in [0.1, 0.15) is 0 Å². The van der Waals surface area contributed by atoms with Crippen molar-refractivity contribution in [3.05, 3.63) is 0 Å². The molecule has 1 saturated heterocycles. The molecule has 0 aromatic rings. The summed E-state index contributed by atoms with van der Waals surface area (Å²) >= 11 is 0. The molecule has 0 aromatic heterocycles. The van der Waals surface area contributed by atoms with E-state index in [0.29, 0.717) is 0 Å². The maximum absolute atomic E-state index is 9.45. The lowest BCUT2D eigenvalue weighted by Crippen LogP contribution is -2.32. The molecular weight excluding hydrogens is 188 g/mol. The highest BCUT2D eigenvalue weighted by atomic mass is 16.3. The fraction of sp³-hybridized carbons (Fsp3) is 1.00. The molecule has 3 nitrogen and oxygen atoms in total. The number of likely N-dealkylation sites (N-methyl/N-ethyl adjacent to an activating group) is 1. The first-order valence-electron chi connectivity index (χ1n) is 6.20. The highest BCUT2D eigenvalue weighted by Gasteiger charge is 2.23. The fourth-order valence-electron chi connectivity index (χ4n) is 2.19. The Morgan fingerprint density at radius 1 is 1.47 bits per heavy atom. The van der Waals surface area contributed by atoms with Crippen LogP contribution in [0.4, 0.5) is 0 Å². The number of nitrogens with zero attached hydrogens (tertiary/aromatic N) is 2. The summed E-state index contributed by atoms with van der Waals surface area (Å²) in [5.41, 5.74) is 0. The van der Waals surface area contributed by atoms with E-state index in [1.807, 2.05) is 6.92 Å². The summed E-state index contributed by atoms with van der Waals surface area (Å²) in [6.45, 7) is 5.63. The SMILES string of the molecule is CCC(O)CCCN1CCC(N(C)C)C1. The lowest BCUT2D eigenvalue weighted by atomic mass is 10.1. The fourth-order valence-corrected chi connectivity index (χ4v) is 2.19. The molecule has 1 aliphatic heterocycles. The van der Waals surface area contributed by atoms with Crippen LogP contribution in [0.15, 0.2) is 0 Å². The lowest BCUT2D eigenvalue weighted by Gasteiger charge is -2.20. The monoisotopic (exact) mass is 214 g/mol. The minimum Gasteiger partial charge on any atom is -0.393 e. The number of hydrogen-bond donors (Lipinski definition) is 1. The van der Waals surface area contributed by atoms with Crippen molar-refractivity contribution < 1.29 is 5.11 Å². The van der Waals surface area contributed by atoms with Gasteiger partial charge in [0.15, 0.2) is 0 Å². The molecule has 0 amide bonds. The van der Waals surface area contributed by atoms with Crippen LogP contribution in [0.5, 0.6) is 0 Å². The Kier molecular flexibility index (Phi) is 5.58. The third kappa shape index (κ3) is 4.49. The molecule has 0 saturated carbocycles. The zero-order valence-electron chi connectivity index (χ0n) is 10.4. The van der Waals surface area contributed by atoms with Gasteiger partial charge in [-0.1, -0.05) is 6.92 Å². The van der Waals surface area contributed by atoms with Crippen LogP contribution in [0, 0.1) is 0 Å². The summed E-state index contributed by atoms with van der Waals surface area (Å²) in [6, 6.07) is 0.737. The highest BCUT2D eigenvalue weighted by Crippen LogP contribution is 2.14. The van der Waals surface area contributed by atoms with E-state index in [2.05, 4.69) is 23.9 Å². The van der Waals surface area contributed by atoms with Crippen molar-refractivity contribution in [2.75, 3.05) is 33.7 Å². The van der Waals surface area contributed by atoms with E-state index in [1.54, 1.807) is 0 Å². The molecule has 90 valence electrons. The molecule has 0 spiro atoms. The molecule has 1 heterocycles. The molecule has 1 N–H and O–H groups in total. The maximum atomic E-state index is 9.45. The molecule has 2 atom stereocenters. The van der Waals surface area contributed by atoms with Crippen LogP contribution in [-0.4, -0.2) is 60.8 Å². The quantitative estimate of drug-likeness (QED) is 0.719. The Morgan fingerprint density at radius 3 is 2.73 bits per heavy atom. The van der Waals surface area contributed by atoms with Gasteiger partial charge in [-0.3, -0.25) is 0 Å². The minimum atomic E-state index is -0.0859. The summed E-state index contributed by atoms with van der Waals surface area (Å²) in [5, 5.41) is 9.45. The topological polar surface area (TPSA) is 26.7 Å². The smallest absolute Gasteiger partial charge is 0.0538 e. The first-order chi connectivity index (χ1) is 7.13. The number of aliphatic hydroxyl groups excluding tert-OH is 1. The molecule has 0 radical (unpaired) electrons. The number of aliphatic hydroxyl groups is 1. The molecule has 0 aromatic carbocycles. The summed E-state index contributed by atoms with van der Waals surface area (Å²) in [6.07, 6.45) is 4.19. The second-order valence-electron chi connectivity index (χ2n) is 4.91. The third-order valence-electron chi connectivity index (χ3n) is 3.46. The van der Waals surface area contributed by atoms with E-state index in [4.69, 9.17) is 0 Å². The summed E-state index contributed by atoms with van der Waals surface area (Å²) in [4.78, 5) is 4.84. The standard InChI is InChI=1S/C12H26N2O/c1-4-12(15)6-5-8-14-9-7-11(10-14)13(2)3/h11-12,15H,4-10H2,1-3H3. The van der Waals surface area contributed by atoms with Gasteiger partial charge in [0, 0.05) is 12.6 Å².